The molecule has 24 heteroatoms. The average molecular weight is 783 g/mol. The van der Waals surface area contributed by atoms with Crippen LogP contribution in [0.3, 0.4) is 0 Å². The van der Waals surface area contributed by atoms with Crippen molar-refractivity contribution in [3.05, 3.63) is 94.2 Å². The van der Waals surface area contributed by atoms with Gasteiger partial charge in [0, 0.05) is 127 Å². The standard InChI is InChI=1S/C21H23ClN6O2.C12H7ClN4O.B5.B4/c1-21(2,3)30-20(29)28-9-6-14(12-28)25-19-15-5-7-23-11-16(15)26-18(27-19)13-4-8-24-17(22)10-13;13-10-5-7(1-4-15-10)11-16-9-6-14-3-2-8(9)12(18)17-11;1-4-5(2)3;1-4(2)3/h4-5,7-8,10-11,14H,6,9,12H2,1-3H3,(H,25,26,27);1-6H,(H,16,17,18);;. The molecule has 6 aromatic rings. The Kier molecular flexibility index (Phi) is 16.7. The van der Waals surface area contributed by atoms with Crippen LogP contribution < -0.4 is 10.9 Å². The predicted octanol–water partition coefficient (Wildman–Crippen LogP) is 2.77. The third-order valence-corrected chi connectivity index (χ3v) is 7.81. The Bertz CT molecular complexity index is 2320. The van der Waals surface area contributed by atoms with Gasteiger partial charge in [0.2, 0.25) is 0 Å². The van der Waals surface area contributed by atoms with Gasteiger partial charge in [0.1, 0.15) is 27.5 Å². The van der Waals surface area contributed by atoms with Crippen LogP contribution in [-0.2, 0) is 4.74 Å². The van der Waals surface area contributed by atoms with Crippen LogP contribution in [-0.4, -0.2) is 142 Å². The van der Waals surface area contributed by atoms with Crippen molar-refractivity contribution in [2.75, 3.05) is 18.4 Å². The first kappa shape index (κ1) is 45.0. The Morgan fingerprint density at radius 2 is 1.46 bits per heavy atom. The number of ether oxygens (including phenoxy) is 1. The van der Waals surface area contributed by atoms with Gasteiger partial charge < -0.3 is 19.9 Å². The molecule has 2 N–H and O–H groups in total. The first-order chi connectivity index (χ1) is 27.0. The summed E-state index contributed by atoms with van der Waals surface area (Å²) in [6.07, 6.45) is 9.08. The normalized spacial score (nSPS) is 13.1. The van der Waals surface area contributed by atoms with E-state index in [-0.39, 0.29) is 17.7 Å². The minimum Gasteiger partial charge on any atom is -0.444 e. The van der Waals surface area contributed by atoms with Gasteiger partial charge in [-0.15, -0.1) is 0 Å². The zero-order valence-electron chi connectivity index (χ0n) is 31.4. The topological polar surface area (TPSA) is 165 Å². The van der Waals surface area contributed by atoms with E-state index in [0.717, 1.165) is 22.9 Å². The van der Waals surface area contributed by atoms with Crippen molar-refractivity contribution in [1.29, 1.82) is 0 Å². The summed E-state index contributed by atoms with van der Waals surface area (Å²) in [5.74, 6) is 1.68. The largest absolute Gasteiger partial charge is 0.444 e. The number of aromatic amines is 1. The van der Waals surface area contributed by atoms with Gasteiger partial charge in [-0.1, -0.05) is 23.2 Å². The fourth-order valence-electron chi connectivity index (χ4n) is 5.00. The van der Waals surface area contributed by atoms with E-state index in [1.807, 2.05) is 32.9 Å². The molecule has 0 bridgehead atoms. The minimum atomic E-state index is -0.667. The van der Waals surface area contributed by atoms with E-state index < -0.39 is 18.4 Å². The number of hydrogen-bond acceptors (Lipinski definition) is 11. The summed E-state index contributed by atoms with van der Waals surface area (Å²) in [5.41, 5.74) is 2.03. The zero-order chi connectivity index (χ0) is 41.7. The summed E-state index contributed by atoms with van der Waals surface area (Å²) in [5, 5.41) is 5.58. The van der Waals surface area contributed by atoms with Crippen LogP contribution in [0.15, 0.2) is 78.4 Å². The fourth-order valence-corrected chi connectivity index (χ4v) is 5.35. The Morgan fingerprint density at radius 1 is 0.895 bits per heavy atom. The lowest BCUT2D eigenvalue weighted by molar-refractivity contribution is 0.0293. The lowest BCUT2D eigenvalue weighted by Gasteiger charge is -2.24. The van der Waals surface area contributed by atoms with Gasteiger partial charge in [-0.3, -0.25) is 14.8 Å². The van der Waals surface area contributed by atoms with Crippen molar-refractivity contribution < 1.29 is 9.53 Å². The van der Waals surface area contributed by atoms with E-state index in [9.17, 15) is 9.59 Å². The number of pyridine rings is 4. The zero-order valence-corrected chi connectivity index (χ0v) is 32.9. The summed E-state index contributed by atoms with van der Waals surface area (Å²) in [6.45, 7) is 6.77. The van der Waals surface area contributed by atoms with Crippen molar-refractivity contribution in [2.45, 2.75) is 38.8 Å². The van der Waals surface area contributed by atoms with Crippen LogP contribution >= 0.6 is 23.2 Å². The number of nitrogens with one attached hydrogen (secondary N) is 2. The number of carbonyl (C=O) groups is 1. The van der Waals surface area contributed by atoms with Crippen LogP contribution in [0.2, 0.25) is 10.3 Å². The van der Waals surface area contributed by atoms with Crippen LogP contribution in [0.5, 0.6) is 0 Å². The van der Waals surface area contributed by atoms with Crippen molar-refractivity contribution in [3.8, 4) is 22.8 Å². The molecule has 1 amide bonds. The predicted molar refractivity (Wildman–Crippen MR) is 236 cm³/mol. The highest BCUT2D eigenvalue weighted by atomic mass is 35.5. The summed E-state index contributed by atoms with van der Waals surface area (Å²) in [4.78, 5) is 58.4. The summed E-state index contributed by atoms with van der Waals surface area (Å²) in [7, 11) is 29.8. The molecule has 1 aliphatic heterocycles. The molecule has 271 valence electrons. The maximum Gasteiger partial charge on any atom is 0.410 e. The smallest absolute Gasteiger partial charge is 0.410 e. The highest BCUT2D eigenvalue weighted by molar-refractivity contribution is 7.60. The van der Waals surface area contributed by atoms with Crippen molar-refractivity contribution >= 4 is 123 Å². The van der Waals surface area contributed by atoms with E-state index in [2.05, 4.69) is 63.4 Å². The van der Waals surface area contributed by atoms with E-state index in [1.54, 1.807) is 66.3 Å². The minimum absolute atomic E-state index is 0.0534. The number of hydrogen-bond donors (Lipinski definition) is 2. The Hall–Kier alpha value is -4.69. The Balaban J connectivity index is 0.000000224. The van der Waals surface area contributed by atoms with E-state index in [0.29, 0.717) is 57.3 Å². The molecule has 0 aliphatic carbocycles. The average Bonchev–Trinajstić information content (AvgIpc) is 3.63. The van der Waals surface area contributed by atoms with Crippen LogP contribution in [0, 0.1) is 0 Å². The number of amides is 1. The SMILES string of the molecule is CC(C)(C)OC(=O)N1CCC(Nc2nc(-c3ccnc(Cl)c3)nc3cnccc23)C1.O=c1[nH]c(-c2ccnc(Cl)c2)nc2cnccc12.[B]B([B])[B].[B][B]B([B])[B]. The van der Waals surface area contributed by atoms with Gasteiger partial charge in [0.15, 0.2) is 5.82 Å². The Labute approximate surface area is 350 Å². The molecule has 6 aromatic heterocycles. The molecule has 1 unspecified atom stereocenters. The summed E-state index contributed by atoms with van der Waals surface area (Å²) in [6, 6.07) is 10.5. The third-order valence-electron chi connectivity index (χ3n) is 7.40. The molecule has 1 saturated heterocycles. The molecule has 13 nitrogen and oxygen atoms in total. The number of likely N-dealkylation sites (tertiary alicyclic amines) is 1. The van der Waals surface area contributed by atoms with Gasteiger partial charge in [-0.05, 0) is 63.6 Å². The van der Waals surface area contributed by atoms with Gasteiger partial charge in [0.05, 0.1) is 28.8 Å². The lowest BCUT2D eigenvalue weighted by atomic mass is 8.97. The third kappa shape index (κ3) is 14.3. The maximum atomic E-state index is 12.4. The molecule has 7 heterocycles. The maximum absolute atomic E-state index is 12.4. The van der Waals surface area contributed by atoms with Crippen molar-refractivity contribution in [1.82, 2.24) is 44.8 Å². The molecule has 1 atom stereocenters. The number of halogens is 2. The number of rotatable bonds is 5. The van der Waals surface area contributed by atoms with Crippen LogP contribution in [0.25, 0.3) is 44.6 Å². The van der Waals surface area contributed by atoms with Crippen LogP contribution in [0.1, 0.15) is 27.2 Å². The van der Waals surface area contributed by atoms with Gasteiger partial charge in [0.25, 0.3) is 5.56 Å². The summed E-state index contributed by atoms with van der Waals surface area (Å²) >= 11 is 11.8. The van der Waals surface area contributed by atoms with Gasteiger partial charge >= 0.3 is 6.09 Å². The number of fused-ring (bicyclic) bond motifs is 2. The molecule has 13 radical (unpaired) electrons. The Morgan fingerprint density at radius 3 is 2.04 bits per heavy atom. The van der Waals surface area contributed by atoms with Crippen molar-refractivity contribution in [2.24, 2.45) is 0 Å². The number of nitrogens with zero attached hydrogens (tertiary/aromatic N) is 8. The summed E-state index contributed by atoms with van der Waals surface area (Å²) < 4.78 is 5.49. The van der Waals surface area contributed by atoms with Crippen LogP contribution in [0.4, 0.5) is 10.6 Å². The lowest BCUT2D eigenvalue weighted by Crippen LogP contribution is -2.36. The number of anilines is 1. The van der Waals surface area contributed by atoms with Gasteiger partial charge in [-0.2, -0.15) is 0 Å². The first-order valence-corrected chi connectivity index (χ1v) is 18.1. The fraction of sp³-hybridized carbons (Fsp3) is 0.242. The molecule has 1 aliphatic rings. The number of carbonyl (C=O) groups excluding carboxylic acids is 1. The molecule has 57 heavy (non-hydrogen) atoms. The molecule has 1 fully saturated rings. The number of aromatic nitrogens is 8. The second kappa shape index (κ2) is 21.2. The molecule has 0 aromatic carbocycles. The second-order valence-electron chi connectivity index (χ2n) is 13.2. The number of H-pyrrole nitrogens is 1. The molecule has 7 rings (SSSR count). The van der Waals surface area contributed by atoms with E-state index >= 15 is 0 Å². The quantitative estimate of drug-likeness (QED) is 0.195. The second-order valence-corrected chi connectivity index (χ2v) is 14.0. The molecular formula is C33H30B9Cl2N10O3. The highest BCUT2D eigenvalue weighted by Gasteiger charge is 2.30. The molecule has 0 saturated carbocycles. The van der Waals surface area contributed by atoms with E-state index in [4.69, 9.17) is 56.1 Å². The monoisotopic (exact) mass is 783 g/mol. The highest BCUT2D eigenvalue weighted by Crippen LogP contribution is 2.27. The van der Waals surface area contributed by atoms with Gasteiger partial charge in [-0.25, -0.2) is 29.7 Å². The van der Waals surface area contributed by atoms with E-state index in [1.165, 1.54) is 7.06 Å². The molecular weight excluding hydrogens is 753 g/mol. The van der Waals surface area contributed by atoms with Crippen molar-refractivity contribution in [3.63, 3.8) is 0 Å². The molecule has 0 spiro atoms. The first-order valence-electron chi connectivity index (χ1n) is 17.3.